The third-order valence-electron chi connectivity index (χ3n) is 5.09. The van der Waals surface area contributed by atoms with Crippen LogP contribution in [0.2, 0.25) is 0 Å². The van der Waals surface area contributed by atoms with Crippen LogP contribution in [0.25, 0.3) is 0 Å². The van der Waals surface area contributed by atoms with Gasteiger partial charge in [-0.25, -0.2) is 0 Å². The SMILES string of the molecule is Cc1ccc(C)c(CC(=O)N[C@@H]2CCN(C(=O)c3ccccc3)C[C@H]2O)c1. The maximum atomic E-state index is 12.5. The molecule has 0 aliphatic carbocycles. The molecule has 5 nitrogen and oxygen atoms in total. The fraction of sp³-hybridized carbons (Fsp3) is 0.364. The lowest BCUT2D eigenvalue weighted by molar-refractivity contribution is -0.122. The van der Waals surface area contributed by atoms with Crippen molar-refractivity contribution < 1.29 is 14.7 Å². The average molecular weight is 366 g/mol. The molecule has 1 heterocycles. The normalized spacial score (nSPS) is 19.6. The van der Waals surface area contributed by atoms with Gasteiger partial charge in [-0.2, -0.15) is 0 Å². The standard InChI is InChI=1S/C22H26N2O3/c1-15-8-9-16(2)18(12-15)13-21(26)23-19-10-11-24(14-20(19)25)22(27)17-6-4-3-5-7-17/h3-9,12,19-20,25H,10-11,13-14H2,1-2H3,(H,23,26)/t19-,20-/m1/s1. The minimum absolute atomic E-state index is 0.0881. The summed E-state index contributed by atoms with van der Waals surface area (Å²) in [6, 6.07) is 14.8. The van der Waals surface area contributed by atoms with E-state index in [1.54, 1.807) is 17.0 Å². The van der Waals surface area contributed by atoms with Crippen LogP contribution in [0.15, 0.2) is 48.5 Å². The summed E-state index contributed by atoms with van der Waals surface area (Å²) in [7, 11) is 0. The molecule has 0 saturated carbocycles. The van der Waals surface area contributed by atoms with Gasteiger partial charge >= 0.3 is 0 Å². The highest BCUT2D eigenvalue weighted by Crippen LogP contribution is 2.16. The first kappa shape index (κ1) is 19.1. The Morgan fingerprint density at radius 1 is 1.15 bits per heavy atom. The number of nitrogens with one attached hydrogen (secondary N) is 1. The number of carbonyl (C=O) groups excluding carboxylic acids is 2. The van der Waals surface area contributed by atoms with E-state index in [2.05, 4.69) is 5.32 Å². The molecular formula is C22H26N2O3. The zero-order valence-corrected chi connectivity index (χ0v) is 15.8. The summed E-state index contributed by atoms with van der Waals surface area (Å²) >= 11 is 0. The Hall–Kier alpha value is -2.66. The number of hydrogen-bond acceptors (Lipinski definition) is 3. The van der Waals surface area contributed by atoms with Crippen LogP contribution in [0.4, 0.5) is 0 Å². The van der Waals surface area contributed by atoms with Crippen molar-refractivity contribution in [2.75, 3.05) is 13.1 Å². The number of aliphatic hydroxyl groups is 1. The van der Waals surface area contributed by atoms with Crippen molar-refractivity contribution in [3.63, 3.8) is 0 Å². The topological polar surface area (TPSA) is 69.6 Å². The summed E-state index contributed by atoms with van der Waals surface area (Å²) in [6.07, 6.45) is 0.0655. The lowest BCUT2D eigenvalue weighted by atomic mass is 9.99. The van der Waals surface area contributed by atoms with Crippen molar-refractivity contribution in [1.82, 2.24) is 10.2 Å². The molecule has 1 aliphatic heterocycles. The molecule has 0 aromatic heterocycles. The Morgan fingerprint density at radius 3 is 2.59 bits per heavy atom. The van der Waals surface area contributed by atoms with Crippen LogP contribution in [0.3, 0.4) is 0 Å². The molecule has 3 rings (SSSR count). The van der Waals surface area contributed by atoms with Crippen LogP contribution in [-0.4, -0.2) is 47.1 Å². The van der Waals surface area contributed by atoms with E-state index in [0.29, 0.717) is 24.9 Å². The smallest absolute Gasteiger partial charge is 0.253 e. The monoisotopic (exact) mass is 366 g/mol. The largest absolute Gasteiger partial charge is 0.389 e. The quantitative estimate of drug-likeness (QED) is 0.872. The van der Waals surface area contributed by atoms with Gasteiger partial charge in [0.2, 0.25) is 5.91 Å². The second-order valence-electron chi connectivity index (χ2n) is 7.25. The zero-order valence-electron chi connectivity index (χ0n) is 15.8. The van der Waals surface area contributed by atoms with Gasteiger partial charge in [-0.15, -0.1) is 0 Å². The van der Waals surface area contributed by atoms with Crippen LogP contribution in [0.5, 0.6) is 0 Å². The van der Waals surface area contributed by atoms with Crippen LogP contribution < -0.4 is 5.32 Å². The Labute approximate surface area is 160 Å². The molecule has 142 valence electrons. The number of hydrogen-bond donors (Lipinski definition) is 2. The molecule has 0 radical (unpaired) electrons. The van der Waals surface area contributed by atoms with Gasteiger partial charge in [-0.3, -0.25) is 9.59 Å². The highest BCUT2D eigenvalue weighted by atomic mass is 16.3. The van der Waals surface area contributed by atoms with Crippen LogP contribution >= 0.6 is 0 Å². The van der Waals surface area contributed by atoms with Crippen LogP contribution in [-0.2, 0) is 11.2 Å². The number of β-amino-alcohol motifs (C(OH)–C–C–N with tert-alkyl or cyclic N) is 1. The molecular weight excluding hydrogens is 340 g/mol. The maximum Gasteiger partial charge on any atom is 0.253 e. The molecule has 0 bridgehead atoms. The number of aliphatic hydroxyl groups excluding tert-OH is 1. The van der Waals surface area contributed by atoms with E-state index in [1.807, 2.05) is 50.2 Å². The fourth-order valence-corrected chi connectivity index (χ4v) is 3.47. The summed E-state index contributed by atoms with van der Waals surface area (Å²) in [5.74, 6) is -0.189. The minimum atomic E-state index is -0.769. The highest BCUT2D eigenvalue weighted by molar-refractivity contribution is 5.94. The number of likely N-dealkylation sites (tertiary alicyclic amines) is 1. The van der Waals surface area contributed by atoms with Gasteiger partial charge < -0.3 is 15.3 Å². The molecule has 1 fully saturated rings. The van der Waals surface area contributed by atoms with Gasteiger partial charge in [0.1, 0.15) is 0 Å². The third kappa shape index (κ3) is 4.74. The van der Waals surface area contributed by atoms with Crippen LogP contribution in [0, 0.1) is 13.8 Å². The summed E-state index contributed by atoms with van der Waals surface area (Å²) in [6.45, 7) is 4.73. The minimum Gasteiger partial charge on any atom is -0.389 e. The molecule has 2 atom stereocenters. The van der Waals surface area contributed by atoms with E-state index in [4.69, 9.17) is 0 Å². The van der Waals surface area contributed by atoms with Crippen molar-refractivity contribution in [2.24, 2.45) is 0 Å². The first-order valence-corrected chi connectivity index (χ1v) is 9.32. The number of carbonyl (C=O) groups is 2. The van der Waals surface area contributed by atoms with Gasteiger partial charge in [0.15, 0.2) is 0 Å². The first-order chi connectivity index (χ1) is 12.9. The fourth-order valence-electron chi connectivity index (χ4n) is 3.47. The van der Waals surface area contributed by atoms with Gasteiger partial charge in [0.25, 0.3) is 5.91 Å². The Balaban J connectivity index is 1.56. The van der Waals surface area contributed by atoms with Gasteiger partial charge in [0.05, 0.1) is 18.6 Å². The molecule has 1 saturated heterocycles. The van der Waals surface area contributed by atoms with Gasteiger partial charge in [0, 0.05) is 18.7 Å². The van der Waals surface area contributed by atoms with Crippen molar-refractivity contribution >= 4 is 11.8 Å². The van der Waals surface area contributed by atoms with E-state index in [9.17, 15) is 14.7 Å². The second-order valence-corrected chi connectivity index (χ2v) is 7.25. The molecule has 2 aromatic rings. The second kappa shape index (κ2) is 8.35. The predicted molar refractivity (Wildman–Crippen MR) is 105 cm³/mol. The number of piperidine rings is 1. The summed E-state index contributed by atoms with van der Waals surface area (Å²) in [5, 5.41) is 13.4. The molecule has 5 heteroatoms. The maximum absolute atomic E-state index is 12.5. The third-order valence-corrected chi connectivity index (χ3v) is 5.09. The van der Waals surface area contributed by atoms with E-state index in [1.165, 1.54) is 0 Å². The lowest BCUT2D eigenvalue weighted by Gasteiger charge is -2.36. The Morgan fingerprint density at radius 2 is 1.89 bits per heavy atom. The Kier molecular flexibility index (Phi) is 5.91. The average Bonchev–Trinajstić information content (AvgIpc) is 2.66. The zero-order chi connectivity index (χ0) is 19.4. The highest BCUT2D eigenvalue weighted by Gasteiger charge is 2.31. The molecule has 2 aromatic carbocycles. The van der Waals surface area contributed by atoms with E-state index < -0.39 is 6.10 Å². The van der Waals surface area contributed by atoms with Gasteiger partial charge in [-0.05, 0) is 43.5 Å². The summed E-state index contributed by atoms with van der Waals surface area (Å²) in [5.41, 5.74) is 3.82. The molecule has 2 amide bonds. The van der Waals surface area contributed by atoms with Crippen molar-refractivity contribution in [3.05, 3.63) is 70.8 Å². The number of benzene rings is 2. The van der Waals surface area contributed by atoms with Gasteiger partial charge in [-0.1, -0.05) is 42.0 Å². The molecule has 2 N–H and O–H groups in total. The first-order valence-electron chi connectivity index (χ1n) is 9.32. The van der Waals surface area contributed by atoms with Crippen LogP contribution in [0.1, 0.15) is 33.5 Å². The summed E-state index contributed by atoms with van der Waals surface area (Å²) in [4.78, 5) is 26.6. The molecule has 27 heavy (non-hydrogen) atoms. The lowest BCUT2D eigenvalue weighted by Crippen LogP contribution is -2.55. The molecule has 1 aliphatic rings. The van der Waals surface area contributed by atoms with Crippen molar-refractivity contribution in [3.8, 4) is 0 Å². The summed E-state index contributed by atoms with van der Waals surface area (Å²) < 4.78 is 0. The number of rotatable bonds is 4. The number of aryl methyl sites for hydroxylation is 2. The molecule has 0 unspecified atom stereocenters. The Bertz CT molecular complexity index is 820. The predicted octanol–water partition coefficient (Wildman–Crippen LogP) is 2.24. The van der Waals surface area contributed by atoms with E-state index in [0.717, 1.165) is 16.7 Å². The molecule has 0 spiro atoms. The number of nitrogens with zero attached hydrogens (tertiary/aromatic N) is 1. The number of amides is 2. The van der Waals surface area contributed by atoms with E-state index in [-0.39, 0.29) is 24.4 Å². The van der Waals surface area contributed by atoms with Crippen molar-refractivity contribution in [2.45, 2.75) is 38.8 Å². The van der Waals surface area contributed by atoms with Crippen molar-refractivity contribution in [1.29, 1.82) is 0 Å². The van der Waals surface area contributed by atoms with E-state index >= 15 is 0 Å².